The van der Waals surface area contributed by atoms with Crippen LogP contribution >= 0.6 is 11.6 Å². The van der Waals surface area contributed by atoms with Crippen LogP contribution in [0.3, 0.4) is 0 Å². The van der Waals surface area contributed by atoms with Crippen LogP contribution in [0.15, 0.2) is 60.9 Å². The molecule has 0 atom stereocenters. The maximum atomic E-state index is 12.3. The summed E-state index contributed by atoms with van der Waals surface area (Å²) in [5, 5.41) is 3.20. The van der Waals surface area contributed by atoms with E-state index < -0.39 is 0 Å². The lowest BCUT2D eigenvalue weighted by Gasteiger charge is -2.08. The van der Waals surface area contributed by atoms with Gasteiger partial charge < -0.3 is 10.1 Å². The normalized spacial score (nSPS) is 10.2. The van der Waals surface area contributed by atoms with Crippen LogP contribution in [0.25, 0.3) is 11.4 Å². The highest BCUT2D eigenvalue weighted by atomic mass is 35.5. The van der Waals surface area contributed by atoms with Crippen LogP contribution in [-0.2, 0) is 0 Å². The second kappa shape index (κ2) is 7.10. The molecule has 0 fully saturated rings. The quantitative estimate of drug-likeness (QED) is 0.778. The van der Waals surface area contributed by atoms with E-state index in [-0.39, 0.29) is 5.91 Å². The summed E-state index contributed by atoms with van der Waals surface area (Å²) in [5.74, 6) is 0.285. The van der Waals surface area contributed by atoms with Crippen molar-refractivity contribution < 1.29 is 9.53 Å². The van der Waals surface area contributed by atoms with Gasteiger partial charge >= 0.3 is 0 Å². The fraction of sp³-hybridized carbons (Fsp3) is 0.0556. The van der Waals surface area contributed by atoms with E-state index in [1.807, 2.05) is 18.2 Å². The largest absolute Gasteiger partial charge is 0.495 e. The van der Waals surface area contributed by atoms with Crippen LogP contribution in [0.2, 0.25) is 5.02 Å². The molecule has 5 nitrogen and oxygen atoms in total. The third-order valence-electron chi connectivity index (χ3n) is 3.36. The minimum Gasteiger partial charge on any atom is -0.495 e. The molecule has 24 heavy (non-hydrogen) atoms. The molecule has 0 saturated carbocycles. The number of amides is 1. The minimum atomic E-state index is -0.267. The van der Waals surface area contributed by atoms with Crippen molar-refractivity contribution in [1.29, 1.82) is 0 Å². The maximum Gasteiger partial charge on any atom is 0.257 e. The number of nitrogens with zero attached hydrogens (tertiary/aromatic N) is 2. The van der Waals surface area contributed by atoms with Gasteiger partial charge in [0, 0.05) is 18.1 Å². The highest BCUT2D eigenvalue weighted by molar-refractivity contribution is 6.32. The predicted octanol–water partition coefficient (Wildman–Crippen LogP) is 4.06. The Morgan fingerprint density at radius 3 is 2.54 bits per heavy atom. The summed E-state index contributed by atoms with van der Waals surface area (Å²) in [6, 6.07) is 14.1. The summed E-state index contributed by atoms with van der Waals surface area (Å²) in [5.41, 5.74) is 2.49. The van der Waals surface area contributed by atoms with E-state index in [1.54, 1.807) is 36.5 Å². The molecule has 0 bridgehead atoms. The second-order valence-electron chi connectivity index (χ2n) is 4.95. The molecular formula is C18H14ClN3O2. The molecule has 2 heterocycles. The lowest BCUT2D eigenvalue weighted by atomic mass is 10.2. The number of aromatic nitrogens is 2. The van der Waals surface area contributed by atoms with Crippen molar-refractivity contribution in [2.24, 2.45) is 0 Å². The van der Waals surface area contributed by atoms with Crippen molar-refractivity contribution in [3.8, 4) is 17.1 Å². The van der Waals surface area contributed by atoms with Gasteiger partial charge in [-0.2, -0.15) is 0 Å². The smallest absolute Gasteiger partial charge is 0.257 e. The lowest BCUT2D eigenvalue weighted by Crippen LogP contribution is -2.12. The van der Waals surface area contributed by atoms with Gasteiger partial charge in [-0.25, -0.2) is 0 Å². The first-order valence-corrected chi connectivity index (χ1v) is 7.57. The summed E-state index contributed by atoms with van der Waals surface area (Å²) in [7, 11) is 1.54. The first-order chi connectivity index (χ1) is 11.7. The Balaban J connectivity index is 1.75. The molecule has 1 aromatic carbocycles. The van der Waals surface area contributed by atoms with E-state index >= 15 is 0 Å². The van der Waals surface area contributed by atoms with Gasteiger partial charge in [-0.15, -0.1) is 0 Å². The Bertz CT molecular complexity index is 852. The molecule has 0 saturated heterocycles. The molecule has 120 valence electrons. The van der Waals surface area contributed by atoms with Crippen LogP contribution in [-0.4, -0.2) is 23.0 Å². The number of rotatable bonds is 4. The number of nitrogens with one attached hydrogen (secondary N) is 1. The Kier molecular flexibility index (Phi) is 4.72. The number of halogens is 1. The van der Waals surface area contributed by atoms with Gasteiger partial charge in [-0.3, -0.25) is 14.8 Å². The Hall–Kier alpha value is -2.92. The van der Waals surface area contributed by atoms with E-state index in [9.17, 15) is 4.79 Å². The number of carbonyl (C=O) groups excluding carboxylic acids is 1. The SMILES string of the molecule is COc1ccc(NC(=O)c2ccc(-c3ccccn3)nc2)cc1Cl. The fourth-order valence-corrected chi connectivity index (χ4v) is 2.40. The molecule has 0 unspecified atom stereocenters. The van der Waals surface area contributed by atoms with Gasteiger partial charge in [0.15, 0.2) is 0 Å². The van der Waals surface area contributed by atoms with Crippen LogP contribution in [0.1, 0.15) is 10.4 Å². The number of carbonyl (C=O) groups is 1. The summed E-state index contributed by atoms with van der Waals surface area (Å²) in [6.45, 7) is 0. The molecular weight excluding hydrogens is 326 g/mol. The molecule has 1 amide bonds. The van der Waals surface area contributed by atoms with E-state index in [2.05, 4.69) is 15.3 Å². The van der Waals surface area contributed by atoms with Crippen LogP contribution < -0.4 is 10.1 Å². The van der Waals surface area contributed by atoms with Gasteiger partial charge in [0.05, 0.1) is 29.1 Å². The molecule has 3 rings (SSSR count). The number of ether oxygens (including phenoxy) is 1. The van der Waals surface area contributed by atoms with E-state index in [1.165, 1.54) is 13.3 Å². The summed E-state index contributed by atoms with van der Waals surface area (Å²) >= 11 is 6.05. The van der Waals surface area contributed by atoms with Crippen LogP contribution in [0.5, 0.6) is 5.75 Å². The highest BCUT2D eigenvalue weighted by Gasteiger charge is 2.09. The molecule has 1 N–H and O–H groups in total. The maximum absolute atomic E-state index is 12.3. The number of hydrogen-bond acceptors (Lipinski definition) is 4. The average Bonchev–Trinajstić information content (AvgIpc) is 2.63. The third kappa shape index (κ3) is 3.52. The monoisotopic (exact) mass is 339 g/mol. The van der Waals surface area contributed by atoms with Crippen molar-refractivity contribution in [2.45, 2.75) is 0 Å². The van der Waals surface area contributed by atoms with Gasteiger partial charge in [0.2, 0.25) is 0 Å². The van der Waals surface area contributed by atoms with Gasteiger partial charge in [-0.05, 0) is 42.5 Å². The van der Waals surface area contributed by atoms with Gasteiger partial charge in [0.25, 0.3) is 5.91 Å². The third-order valence-corrected chi connectivity index (χ3v) is 3.66. The van der Waals surface area contributed by atoms with E-state index in [0.29, 0.717) is 27.7 Å². The predicted molar refractivity (Wildman–Crippen MR) is 93.4 cm³/mol. The molecule has 0 aliphatic rings. The number of anilines is 1. The van der Waals surface area contributed by atoms with Gasteiger partial charge in [0.1, 0.15) is 5.75 Å². The summed E-state index contributed by atoms with van der Waals surface area (Å²) < 4.78 is 5.08. The molecule has 0 aliphatic carbocycles. The fourth-order valence-electron chi connectivity index (χ4n) is 2.14. The van der Waals surface area contributed by atoms with Crippen molar-refractivity contribution >= 4 is 23.2 Å². The standard InChI is InChI=1S/C18H14ClN3O2/c1-24-17-8-6-13(10-14(17)19)22-18(23)12-5-7-16(21-11-12)15-4-2-3-9-20-15/h2-11H,1H3,(H,22,23). The molecule has 6 heteroatoms. The zero-order valence-corrected chi connectivity index (χ0v) is 13.6. The Morgan fingerprint density at radius 2 is 1.92 bits per heavy atom. The van der Waals surface area contributed by atoms with E-state index in [4.69, 9.17) is 16.3 Å². The number of hydrogen-bond donors (Lipinski definition) is 1. The number of pyridine rings is 2. The van der Waals surface area contributed by atoms with Crippen molar-refractivity contribution in [2.75, 3.05) is 12.4 Å². The Labute approximate surface area is 144 Å². The summed E-state index contributed by atoms with van der Waals surface area (Å²) in [4.78, 5) is 20.8. The first kappa shape index (κ1) is 16.0. The minimum absolute atomic E-state index is 0.267. The molecule has 0 radical (unpaired) electrons. The number of benzene rings is 1. The Morgan fingerprint density at radius 1 is 1.08 bits per heavy atom. The highest BCUT2D eigenvalue weighted by Crippen LogP contribution is 2.27. The number of methoxy groups -OCH3 is 1. The topological polar surface area (TPSA) is 64.1 Å². The second-order valence-corrected chi connectivity index (χ2v) is 5.36. The summed E-state index contributed by atoms with van der Waals surface area (Å²) in [6.07, 6.45) is 3.22. The van der Waals surface area contributed by atoms with Gasteiger partial charge in [-0.1, -0.05) is 17.7 Å². The zero-order chi connectivity index (χ0) is 16.9. The zero-order valence-electron chi connectivity index (χ0n) is 12.9. The van der Waals surface area contributed by atoms with E-state index in [0.717, 1.165) is 5.69 Å². The van der Waals surface area contributed by atoms with Crippen molar-refractivity contribution in [3.63, 3.8) is 0 Å². The van der Waals surface area contributed by atoms with Crippen LogP contribution in [0.4, 0.5) is 5.69 Å². The molecule has 2 aromatic heterocycles. The van der Waals surface area contributed by atoms with Crippen molar-refractivity contribution in [1.82, 2.24) is 9.97 Å². The average molecular weight is 340 g/mol. The first-order valence-electron chi connectivity index (χ1n) is 7.20. The van der Waals surface area contributed by atoms with Crippen molar-refractivity contribution in [3.05, 3.63) is 71.5 Å². The molecule has 0 aliphatic heterocycles. The molecule has 3 aromatic rings. The lowest BCUT2D eigenvalue weighted by molar-refractivity contribution is 0.102. The molecule has 0 spiro atoms. The van der Waals surface area contributed by atoms with Crippen LogP contribution in [0, 0.1) is 0 Å².